The third-order valence-electron chi connectivity index (χ3n) is 6.00. The lowest BCUT2D eigenvalue weighted by Crippen LogP contribution is -2.48. The highest BCUT2D eigenvalue weighted by atomic mass is 16.6. The molecule has 2 aliphatic rings. The number of hydrogen-bond donors (Lipinski definition) is 2. The molecule has 4 rings (SSSR count). The fourth-order valence-corrected chi connectivity index (χ4v) is 4.23. The number of nitrogens with one attached hydrogen (secondary N) is 1. The minimum absolute atomic E-state index is 0.0111. The highest BCUT2D eigenvalue weighted by Gasteiger charge is 2.37. The number of nitrogens with zero attached hydrogens (tertiary/aromatic N) is 1. The van der Waals surface area contributed by atoms with Crippen LogP contribution < -0.4 is 20.5 Å². The van der Waals surface area contributed by atoms with Crippen LogP contribution in [-0.4, -0.2) is 55.7 Å². The number of benzene rings is 2. The minimum atomic E-state index is -0.213. The maximum Gasteiger partial charge on any atom is 0.237 e. The van der Waals surface area contributed by atoms with E-state index in [0.29, 0.717) is 31.5 Å². The molecule has 0 radical (unpaired) electrons. The minimum Gasteiger partial charge on any atom is -0.486 e. The van der Waals surface area contributed by atoms with E-state index in [2.05, 4.69) is 34.5 Å². The molecule has 2 unspecified atom stereocenters. The Morgan fingerprint density at radius 2 is 1.86 bits per heavy atom. The molecule has 0 saturated carbocycles. The van der Waals surface area contributed by atoms with Crippen LogP contribution in [0.15, 0.2) is 54.6 Å². The predicted molar refractivity (Wildman–Crippen MR) is 112 cm³/mol. The largest absolute Gasteiger partial charge is 0.486 e. The molecule has 29 heavy (non-hydrogen) atoms. The lowest BCUT2D eigenvalue weighted by atomic mass is 9.89. The first kappa shape index (κ1) is 19.7. The Bertz CT molecular complexity index is 829. The van der Waals surface area contributed by atoms with E-state index in [4.69, 9.17) is 15.2 Å². The summed E-state index contributed by atoms with van der Waals surface area (Å²) in [6, 6.07) is 17.8. The maximum absolute atomic E-state index is 12.8. The van der Waals surface area contributed by atoms with Crippen LogP contribution in [0.2, 0.25) is 0 Å². The van der Waals surface area contributed by atoms with Crippen LogP contribution in [0.5, 0.6) is 11.5 Å². The van der Waals surface area contributed by atoms with Crippen molar-refractivity contribution in [3.8, 4) is 11.5 Å². The van der Waals surface area contributed by atoms with Crippen LogP contribution in [-0.2, 0) is 4.79 Å². The average molecular weight is 396 g/mol. The molecular weight excluding hydrogens is 366 g/mol. The number of carbonyl (C=O) groups excluding carboxylic acids is 1. The molecule has 0 aromatic heterocycles. The Hall–Kier alpha value is -2.57. The van der Waals surface area contributed by atoms with Crippen LogP contribution in [0.3, 0.4) is 0 Å². The highest BCUT2D eigenvalue weighted by molar-refractivity contribution is 5.81. The number of fused-ring (bicyclic) bond motifs is 1. The number of rotatable bonds is 6. The molecule has 1 saturated heterocycles. The summed E-state index contributed by atoms with van der Waals surface area (Å²) in [5.74, 6) is 2.21. The predicted octanol–water partition coefficient (Wildman–Crippen LogP) is 2.01. The van der Waals surface area contributed by atoms with E-state index in [-0.39, 0.29) is 18.1 Å². The summed E-state index contributed by atoms with van der Waals surface area (Å²) in [7, 11) is 0. The summed E-state index contributed by atoms with van der Waals surface area (Å²) in [6.45, 7) is 5.12. The standard InChI is InChI=1S/C23H29N3O3/c1-16(26-13-18(11-24)20(14-26)17-7-3-2-4-8-17)23(27)25-12-19-15-28-21-9-5-6-10-22(21)29-19/h2-10,16,18-20H,11-15,24H2,1H3,(H,25,27)/t16?,18-,19?,20+/m1/s1. The number of nitrogens with two attached hydrogens (primary N) is 1. The van der Waals surface area contributed by atoms with Crippen molar-refractivity contribution in [2.24, 2.45) is 11.7 Å². The van der Waals surface area contributed by atoms with E-state index in [0.717, 1.165) is 24.6 Å². The van der Waals surface area contributed by atoms with Crippen molar-refractivity contribution < 1.29 is 14.3 Å². The summed E-state index contributed by atoms with van der Waals surface area (Å²) in [5, 5.41) is 3.03. The Kier molecular flexibility index (Phi) is 6.02. The first-order chi connectivity index (χ1) is 14.2. The molecule has 2 aliphatic heterocycles. The lowest BCUT2D eigenvalue weighted by molar-refractivity contribution is -0.126. The maximum atomic E-state index is 12.8. The van der Waals surface area contributed by atoms with Gasteiger partial charge in [0.05, 0.1) is 12.6 Å². The second-order valence-electron chi connectivity index (χ2n) is 7.89. The van der Waals surface area contributed by atoms with Gasteiger partial charge in [-0.25, -0.2) is 0 Å². The molecule has 1 amide bonds. The second kappa shape index (κ2) is 8.84. The van der Waals surface area contributed by atoms with Crippen molar-refractivity contribution in [2.45, 2.75) is 25.0 Å². The van der Waals surface area contributed by atoms with E-state index in [1.165, 1.54) is 5.56 Å². The Morgan fingerprint density at radius 1 is 1.14 bits per heavy atom. The summed E-state index contributed by atoms with van der Waals surface area (Å²) in [5.41, 5.74) is 7.33. The topological polar surface area (TPSA) is 76.8 Å². The SMILES string of the molecule is CC(C(=O)NCC1COc2ccccc2O1)N1C[C@@H](CN)[C@H](c2ccccc2)C1. The molecule has 2 aromatic carbocycles. The van der Waals surface area contributed by atoms with Crippen molar-refractivity contribution in [1.82, 2.24) is 10.2 Å². The summed E-state index contributed by atoms with van der Waals surface area (Å²) in [4.78, 5) is 15.0. The summed E-state index contributed by atoms with van der Waals surface area (Å²) in [6.07, 6.45) is -0.187. The zero-order valence-electron chi connectivity index (χ0n) is 16.8. The Labute approximate surface area is 172 Å². The van der Waals surface area contributed by atoms with Crippen molar-refractivity contribution in [3.63, 3.8) is 0 Å². The molecule has 0 spiro atoms. The van der Waals surface area contributed by atoms with E-state index in [1.807, 2.05) is 37.3 Å². The third-order valence-corrected chi connectivity index (χ3v) is 6.00. The van der Waals surface area contributed by atoms with Gasteiger partial charge in [0.15, 0.2) is 11.5 Å². The molecule has 0 aliphatic carbocycles. The smallest absolute Gasteiger partial charge is 0.237 e. The highest BCUT2D eigenvalue weighted by Crippen LogP contribution is 2.33. The molecule has 154 valence electrons. The van der Waals surface area contributed by atoms with Crippen LogP contribution >= 0.6 is 0 Å². The molecule has 2 aromatic rings. The molecule has 6 nitrogen and oxygen atoms in total. The van der Waals surface area contributed by atoms with Gasteiger partial charge >= 0.3 is 0 Å². The van der Waals surface area contributed by atoms with Gasteiger partial charge in [-0.05, 0) is 37.1 Å². The van der Waals surface area contributed by atoms with Gasteiger partial charge in [0, 0.05) is 19.0 Å². The van der Waals surface area contributed by atoms with Gasteiger partial charge in [0.2, 0.25) is 5.91 Å². The molecular formula is C23H29N3O3. The van der Waals surface area contributed by atoms with Crippen molar-refractivity contribution >= 4 is 5.91 Å². The summed E-state index contributed by atoms with van der Waals surface area (Å²) < 4.78 is 11.6. The Morgan fingerprint density at radius 3 is 2.62 bits per heavy atom. The number of amides is 1. The molecule has 3 N–H and O–H groups in total. The van der Waals surface area contributed by atoms with E-state index < -0.39 is 0 Å². The first-order valence-electron chi connectivity index (χ1n) is 10.3. The van der Waals surface area contributed by atoms with Gasteiger partial charge in [-0.15, -0.1) is 0 Å². The fourth-order valence-electron chi connectivity index (χ4n) is 4.23. The van der Waals surface area contributed by atoms with Crippen LogP contribution in [0.25, 0.3) is 0 Å². The second-order valence-corrected chi connectivity index (χ2v) is 7.89. The first-order valence-corrected chi connectivity index (χ1v) is 10.3. The molecule has 4 atom stereocenters. The number of para-hydroxylation sites is 2. The number of ether oxygens (including phenoxy) is 2. The van der Waals surface area contributed by atoms with Crippen molar-refractivity contribution in [2.75, 3.05) is 32.8 Å². The van der Waals surface area contributed by atoms with Crippen LogP contribution in [0.1, 0.15) is 18.4 Å². The average Bonchev–Trinajstić information content (AvgIpc) is 3.22. The van der Waals surface area contributed by atoms with E-state index in [9.17, 15) is 4.79 Å². The van der Waals surface area contributed by atoms with Gasteiger partial charge < -0.3 is 20.5 Å². The monoisotopic (exact) mass is 395 g/mol. The summed E-state index contributed by atoms with van der Waals surface area (Å²) >= 11 is 0. The third kappa shape index (κ3) is 4.38. The molecule has 6 heteroatoms. The van der Waals surface area contributed by atoms with E-state index >= 15 is 0 Å². The van der Waals surface area contributed by atoms with Gasteiger partial charge in [-0.3, -0.25) is 9.69 Å². The number of hydrogen-bond acceptors (Lipinski definition) is 5. The molecule has 1 fully saturated rings. The van der Waals surface area contributed by atoms with Gasteiger partial charge in [-0.1, -0.05) is 42.5 Å². The lowest BCUT2D eigenvalue weighted by Gasteiger charge is -2.28. The zero-order valence-corrected chi connectivity index (χ0v) is 16.8. The van der Waals surface area contributed by atoms with Gasteiger partial charge in [-0.2, -0.15) is 0 Å². The Balaban J connectivity index is 1.31. The quantitative estimate of drug-likeness (QED) is 0.782. The van der Waals surface area contributed by atoms with E-state index in [1.54, 1.807) is 0 Å². The zero-order chi connectivity index (χ0) is 20.2. The van der Waals surface area contributed by atoms with Crippen LogP contribution in [0.4, 0.5) is 0 Å². The van der Waals surface area contributed by atoms with Gasteiger partial charge in [0.25, 0.3) is 0 Å². The number of likely N-dealkylation sites (tertiary alicyclic amines) is 1. The number of carbonyl (C=O) groups is 1. The van der Waals surface area contributed by atoms with Crippen LogP contribution in [0, 0.1) is 5.92 Å². The molecule has 2 heterocycles. The normalized spacial score (nSPS) is 24.8. The van der Waals surface area contributed by atoms with Crippen molar-refractivity contribution in [1.29, 1.82) is 0 Å². The molecule has 0 bridgehead atoms. The van der Waals surface area contributed by atoms with Crippen molar-refractivity contribution in [3.05, 3.63) is 60.2 Å². The van der Waals surface area contributed by atoms with Gasteiger partial charge in [0.1, 0.15) is 12.7 Å². The fraction of sp³-hybridized carbons (Fsp3) is 0.435.